The molecule has 8 heteroatoms. The van der Waals surface area contributed by atoms with Crippen molar-refractivity contribution in [3.8, 4) is 0 Å². The fraction of sp³-hybridized carbons (Fsp3) is 0.368. The van der Waals surface area contributed by atoms with Gasteiger partial charge >= 0.3 is 0 Å². The van der Waals surface area contributed by atoms with Crippen molar-refractivity contribution in [2.75, 3.05) is 20.1 Å². The Morgan fingerprint density at radius 1 is 1.15 bits per heavy atom. The highest BCUT2D eigenvalue weighted by atomic mass is 32.2. The number of nitrogens with one attached hydrogen (secondary N) is 3. The summed E-state index contributed by atoms with van der Waals surface area (Å²) in [5, 5.41) is 6.44. The maximum absolute atomic E-state index is 12.1. The van der Waals surface area contributed by atoms with E-state index in [1.807, 2.05) is 18.2 Å². The molecule has 1 heterocycles. The lowest BCUT2D eigenvalue weighted by Crippen LogP contribution is -2.44. The summed E-state index contributed by atoms with van der Waals surface area (Å²) in [5.74, 6) is 0.649. The van der Waals surface area contributed by atoms with Crippen molar-refractivity contribution >= 4 is 16.0 Å². The van der Waals surface area contributed by atoms with Gasteiger partial charge in [0.2, 0.25) is 10.0 Å². The largest absolute Gasteiger partial charge is 0.355 e. The molecule has 1 unspecified atom stereocenters. The fourth-order valence-corrected chi connectivity index (χ4v) is 3.48. The number of benzene rings is 1. The van der Waals surface area contributed by atoms with Gasteiger partial charge < -0.3 is 10.6 Å². The van der Waals surface area contributed by atoms with E-state index in [0.29, 0.717) is 12.5 Å². The molecular formula is C19H27N5O2S. The number of guanidine groups is 1. The molecule has 1 aromatic heterocycles. The molecule has 0 bridgehead atoms. The minimum absolute atomic E-state index is 0.155. The number of aromatic nitrogens is 1. The Morgan fingerprint density at radius 3 is 2.59 bits per heavy atom. The number of aliphatic imine (C=N–C) groups is 1. The lowest BCUT2D eigenvalue weighted by Gasteiger charge is -2.18. The average molecular weight is 390 g/mol. The van der Waals surface area contributed by atoms with Crippen LogP contribution < -0.4 is 15.4 Å². The fourth-order valence-electron chi connectivity index (χ4n) is 2.48. The van der Waals surface area contributed by atoms with Crippen molar-refractivity contribution in [1.82, 2.24) is 20.3 Å². The molecule has 0 saturated heterocycles. The molecule has 0 saturated carbocycles. The van der Waals surface area contributed by atoms with Crippen LogP contribution in [0.1, 0.15) is 18.9 Å². The molecule has 0 aliphatic rings. The highest BCUT2D eigenvalue weighted by molar-refractivity contribution is 7.89. The quantitative estimate of drug-likeness (QED) is 0.344. The molecule has 1 atom stereocenters. The lowest BCUT2D eigenvalue weighted by molar-refractivity contribution is 0.576. The second kappa shape index (κ2) is 10.6. The Morgan fingerprint density at radius 2 is 1.93 bits per heavy atom. The summed E-state index contributed by atoms with van der Waals surface area (Å²) < 4.78 is 26.8. The van der Waals surface area contributed by atoms with Crippen LogP contribution in [0.5, 0.6) is 0 Å². The molecule has 146 valence electrons. The van der Waals surface area contributed by atoms with Gasteiger partial charge in [-0.3, -0.25) is 9.98 Å². The van der Waals surface area contributed by atoms with Crippen LogP contribution in [-0.2, 0) is 16.4 Å². The van der Waals surface area contributed by atoms with E-state index in [9.17, 15) is 8.42 Å². The summed E-state index contributed by atoms with van der Waals surface area (Å²) in [6.07, 6.45) is 4.81. The molecule has 2 rings (SSSR count). The first-order chi connectivity index (χ1) is 13.0. The van der Waals surface area contributed by atoms with Gasteiger partial charge in [0.15, 0.2) is 5.96 Å². The first-order valence-corrected chi connectivity index (χ1v) is 10.4. The Balaban J connectivity index is 1.70. The monoisotopic (exact) mass is 389 g/mol. The van der Waals surface area contributed by atoms with E-state index in [1.54, 1.807) is 13.1 Å². The van der Waals surface area contributed by atoms with Crippen LogP contribution in [0.2, 0.25) is 0 Å². The van der Waals surface area contributed by atoms with E-state index in [4.69, 9.17) is 0 Å². The smallest absolute Gasteiger partial charge is 0.242 e. The molecule has 27 heavy (non-hydrogen) atoms. The highest BCUT2D eigenvalue weighted by Crippen LogP contribution is 2.05. The molecule has 7 nitrogen and oxygen atoms in total. The summed E-state index contributed by atoms with van der Waals surface area (Å²) >= 11 is 0. The van der Waals surface area contributed by atoms with Crippen molar-refractivity contribution in [2.45, 2.75) is 30.7 Å². The third-order valence-corrected chi connectivity index (χ3v) is 5.42. The van der Waals surface area contributed by atoms with Crippen molar-refractivity contribution in [1.29, 1.82) is 0 Å². The summed E-state index contributed by atoms with van der Waals surface area (Å²) in [5.41, 5.74) is 1.30. The van der Waals surface area contributed by atoms with Crippen LogP contribution >= 0.6 is 0 Å². The number of hydrogen-bond donors (Lipinski definition) is 3. The molecule has 0 spiro atoms. The Hall–Kier alpha value is -2.45. The van der Waals surface area contributed by atoms with E-state index < -0.39 is 10.0 Å². The third kappa shape index (κ3) is 7.36. The zero-order valence-electron chi connectivity index (χ0n) is 15.7. The number of rotatable bonds is 9. The Bertz CT molecular complexity index is 811. The molecule has 0 fully saturated rings. The normalized spacial score (nSPS) is 13.2. The molecule has 1 aromatic carbocycles. The van der Waals surface area contributed by atoms with Gasteiger partial charge in [0.1, 0.15) is 4.90 Å². The summed E-state index contributed by atoms with van der Waals surface area (Å²) in [7, 11) is -1.85. The summed E-state index contributed by atoms with van der Waals surface area (Å²) in [4.78, 5) is 8.17. The van der Waals surface area contributed by atoms with Crippen LogP contribution in [0.3, 0.4) is 0 Å². The second-order valence-electron chi connectivity index (χ2n) is 6.16. The van der Waals surface area contributed by atoms with E-state index in [1.165, 1.54) is 24.0 Å². The maximum atomic E-state index is 12.1. The third-order valence-electron chi connectivity index (χ3n) is 3.97. The first kappa shape index (κ1) is 20.9. The van der Waals surface area contributed by atoms with E-state index in [-0.39, 0.29) is 17.5 Å². The van der Waals surface area contributed by atoms with E-state index in [2.05, 4.69) is 44.4 Å². The van der Waals surface area contributed by atoms with Gasteiger partial charge in [-0.15, -0.1) is 0 Å². The van der Waals surface area contributed by atoms with Gasteiger partial charge in [-0.2, -0.15) is 0 Å². The van der Waals surface area contributed by atoms with Gasteiger partial charge in [0.05, 0.1) is 0 Å². The minimum atomic E-state index is -3.54. The van der Waals surface area contributed by atoms with Crippen molar-refractivity contribution in [3.63, 3.8) is 0 Å². The summed E-state index contributed by atoms with van der Waals surface area (Å²) in [6.45, 7) is 2.77. The van der Waals surface area contributed by atoms with Crippen LogP contribution in [-0.4, -0.2) is 45.5 Å². The van der Waals surface area contributed by atoms with Gasteiger partial charge in [-0.25, -0.2) is 13.1 Å². The number of nitrogens with zero attached hydrogens (tertiary/aromatic N) is 2. The van der Waals surface area contributed by atoms with Crippen LogP contribution in [0, 0.1) is 0 Å². The molecule has 3 N–H and O–H groups in total. The van der Waals surface area contributed by atoms with Crippen LogP contribution in [0.4, 0.5) is 0 Å². The van der Waals surface area contributed by atoms with Crippen molar-refractivity contribution in [2.24, 2.45) is 4.99 Å². The SMILES string of the molecule is CN=C(NCCNS(=O)(=O)c1cccnc1)NC(C)CCc1ccccc1. The van der Waals surface area contributed by atoms with Crippen LogP contribution in [0.25, 0.3) is 0 Å². The number of sulfonamides is 1. The predicted molar refractivity (Wildman–Crippen MR) is 108 cm³/mol. The molecular weight excluding hydrogens is 362 g/mol. The Labute approximate surface area is 161 Å². The van der Waals surface area contributed by atoms with E-state index in [0.717, 1.165) is 12.8 Å². The second-order valence-corrected chi connectivity index (χ2v) is 7.92. The lowest BCUT2D eigenvalue weighted by atomic mass is 10.1. The topological polar surface area (TPSA) is 95.5 Å². The van der Waals surface area contributed by atoms with Gasteiger partial charge in [-0.1, -0.05) is 30.3 Å². The molecule has 0 aliphatic carbocycles. The Kier molecular flexibility index (Phi) is 8.22. The minimum Gasteiger partial charge on any atom is -0.355 e. The zero-order valence-corrected chi connectivity index (χ0v) is 16.5. The van der Waals surface area contributed by atoms with Gasteiger partial charge in [0, 0.05) is 38.6 Å². The maximum Gasteiger partial charge on any atom is 0.242 e. The van der Waals surface area contributed by atoms with Crippen LogP contribution in [0.15, 0.2) is 64.7 Å². The molecule has 0 amide bonds. The van der Waals surface area contributed by atoms with E-state index >= 15 is 0 Å². The zero-order chi connectivity index (χ0) is 19.5. The molecule has 2 aromatic rings. The number of hydrogen-bond acceptors (Lipinski definition) is 4. The summed E-state index contributed by atoms with van der Waals surface area (Å²) in [6, 6.07) is 13.7. The van der Waals surface area contributed by atoms with Gasteiger partial charge in [0.25, 0.3) is 0 Å². The standard InChI is InChI=1S/C19H27N5O2S/c1-16(10-11-17-7-4-3-5-8-17)24-19(20-2)22-13-14-23-27(25,26)18-9-6-12-21-15-18/h3-9,12,15-16,23H,10-11,13-14H2,1-2H3,(H2,20,22,24). The molecule has 0 aliphatic heterocycles. The highest BCUT2D eigenvalue weighted by Gasteiger charge is 2.13. The van der Waals surface area contributed by atoms with Gasteiger partial charge in [-0.05, 0) is 37.5 Å². The number of aryl methyl sites for hydroxylation is 1. The predicted octanol–water partition coefficient (Wildman–Crippen LogP) is 1.55. The van der Waals surface area contributed by atoms with Crippen molar-refractivity contribution < 1.29 is 8.42 Å². The average Bonchev–Trinajstić information content (AvgIpc) is 2.70. The number of pyridine rings is 1. The first-order valence-electron chi connectivity index (χ1n) is 8.92. The molecule has 0 radical (unpaired) electrons. The van der Waals surface area contributed by atoms with Crippen molar-refractivity contribution in [3.05, 3.63) is 60.4 Å².